The molecule has 1 aliphatic rings. The lowest BCUT2D eigenvalue weighted by Crippen LogP contribution is -2.42. The van der Waals surface area contributed by atoms with Gasteiger partial charge in [-0.3, -0.25) is 14.9 Å². The molecular formula is C14H20N4. The molecule has 1 fully saturated rings. The molecule has 96 valence electrons. The molecule has 0 bridgehead atoms. The van der Waals surface area contributed by atoms with Gasteiger partial charge in [-0.2, -0.15) is 0 Å². The van der Waals surface area contributed by atoms with Gasteiger partial charge in [-0.05, 0) is 19.8 Å². The minimum absolute atomic E-state index is 0.571. The van der Waals surface area contributed by atoms with Crippen molar-refractivity contribution in [1.29, 1.82) is 0 Å². The summed E-state index contributed by atoms with van der Waals surface area (Å²) in [6.45, 7) is 5.69. The van der Waals surface area contributed by atoms with E-state index >= 15 is 0 Å². The number of nitrogens with one attached hydrogen (secondary N) is 1. The molecule has 1 saturated heterocycles. The number of rotatable bonds is 4. The first-order valence-electron chi connectivity index (χ1n) is 6.44. The largest absolute Gasteiger partial charge is 0.308 e. The molecule has 0 spiro atoms. The zero-order valence-corrected chi connectivity index (χ0v) is 10.9. The van der Waals surface area contributed by atoms with E-state index < -0.39 is 0 Å². The molecule has 0 saturated carbocycles. The standard InChI is InChI=1S/C14H20N4/c1-3-6-18-7-4-13(5-8-18)17-11-14-10-15-12(2)9-16-14/h1,9-10,13,17H,4-8,11H2,2H3. The van der Waals surface area contributed by atoms with Crippen molar-refractivity contribution in [2.75, 3.05) is 19.6 Å². The molecule has 18 heavy (non-hydrogen) atoms. The Morgan fingerprint density at radius 3 is 2.78 bits per heavy atom. The zero-order valence-electron chi connectivity index (χ0n) is 10.9. The molecule has 1 N–H and O–H groups in total. The SMILES string of the molecule is C#CCN1CCC(NCc2cnc(C)cn2)CC1. The van der Waals surface area contributed by atoms with Crippen LogP contribution in [0.25, 0.3) is 0 Å². The van der Waals surface area contributed by atoms with Crippen molar-refractivity contribution >= 4 is 0 Å². The maximum absolute atomic E-state index is 5.32. The maximum atomic E-state index is 5.32. The zero-order chi connectivity index (χ0) is 12.8. The molecule has 1 aliphatic heterocycles. The van der Waals surface area contributed by atoms with E-state index in [0.29, 0.717) is 6.04 Å². The number of aromatic nitrogens is 2. The Balaban J connectivity index is 1.72. The molecule has 0 atom stereocenters. The fraction of sp³-hybridized carbons (Fsp3) is 0.571. The number of terminal acetylenes is 1. The Morgan fingerprint density at radius 2 is 2.17 bits per heavy atom. The van der Waals surface area contributed by atoms with Crippen LogP contribution in [-0.4, -0.2) is 40.5 Å². The smallest absolute Gasteiger partial charge is 0.0724 e. The third-order valence-electron chi connectivity index (χ3n) is 3.31. The number of nitrogens with zero attached hydrogens (tertiary/aromatic N) is 3. The number of hydrogen-bond donors (Lipinski definition) is 1. The average Bonchev–Trinajstić information content (AvgIpc) is 2.40. The Morgan fingerprint density at radius 1 is 1.39 bits per heavy atom. The van der Waals surface area contributed by atoms with E-state index in [1.165, 1.54) is 0 Å². The van der Waals surface area contributed by atoms with Crippen molar-refractivity contribution in [3.8, 4) is 12.3 Å². The topological polar surface area (TPSA) is 41.0 Å². The van der Waals surface area contributed by atoms with E-state index in [1.807, 2.05) is 19.3 Å². The van der Waals surface area contributed by atoms with Crippen LogP contribution in [0.4, 0.5) is 0 Å². The molecule has 0 aromatic carbocycles. The third kappa shape index (κ3) is 3.80. The number of likely N-dealkylation sites (tertiary alicyclic amines) is 1. The van der Waals surface area contributed by atoms with Gasteiger partial charge >= 0.3 is 0 Å². The predicted molar refractivity (Wildman–Crippen MR) is 71.9 cm³/mol. The average molecular weight is 244 g/mol. The summed E-state index contributed by atoms with van der Waals surface area (Å²) < 4.78 is 0. The normalized spacial score (nSPS) is 17.6. The van der Waals surface area contributed by atoms with E-state index in [9.17, 15) is 0 Å². The summed E-state index contributed by atoms with van der Waals surface area (Å²) in [5, 5.41) is 3.54. The van der Waals surface area contributed by atoms with Gasteiger partial charge in [0.15, 0.2) is 0 Å². The van der Waals surface area contributed by atoms with Gasteiger partial charge in [0.2, 0.25) is 0 Å². The molecule has 1 aromatic rings. The second-order valence-electron chi connectivity index (χ2n) is 4.78. The van der Waals surface area contributed by atoms with E-state index in [1.54, 1.807) is 0 Å². The van der Waals surface area contributed by atoms with Gasteiger partial charge in [0.25, 0.3) is 0 Å². The third-order valence-corrected chi connectivity index (χ3v) is 3.31. The molecule has 4 nitrogen and oxygen atoms in total. The van der Waals surface area contributed by atoms with Gasteiger partial charge in [-0.25, -0.2) is 0 Å². The fourth-order valence-corrected chi connectivity index (χ4v) is 2.18. The first-order chi connectivity index (χ1) is 8.78. The summed E-state index contributed by atoms with van der Waals surface area (Å²) in [7, 11) is 0. The van der Waals surface area contributed by atoms with E-state index in [2.05, 4.69) is 26.1 Å². The summed E-state index contributed by atoms with van der Waals surface area (Å²) in [6.07, 6.45) is 11.3. The van der Waals surface area contributed by atoms with Crippen molar-refractivity contribution in [3.05, 3.63) is 23.8 Å². The Kier molecular flexibility index (Phi) is 4.68. The molecule has 0 radical (unpaired) electrons. The van der Waals surface area contributed by atoms with E-state index in [0.717, 1.165) is 50.4 Å². The molecule has 0 aliphatic carbocycles. The molecule has 1 aromatic heterocycles. The van der Waals surface area contributed by atoms with Gasteiger partial charge in [0.1, 0.15) is 0 Å². The van der Waals surface area contributed by atoms with Crippen molar-refractivity contribution in [1.82, 2.24) is 20.2 Å². The molecule has 4 heteroatoms. The first-order valence-corrected chi connectivity index (χ1v) is 6.44. The highest BCUT2D eigenvalue weighted by molar-refractivity contribution is 5.00. The van der Waals surface area contributed by atoms with Gasteiger partial charge in [0, 0.05) is 38.1 Å². The summed E-state index contributed by atoms with van der Waals surface area (Å²) in [5.74, 6) is 2.70. The second kappa shape index (κ2) is 6.48. The van der Waals surface area contributed by atoms with E-state index in [-0.39, 0.29) is 0 Å². The summed E-state index contributed by atoms with van der Waals surface area (Å²) in [4.78, 5) is 10.9. The Bertz CT molecular complexity index is 399. The number of aryl methyl sites for hydroxylation is 1. The highest BCUT2D eigenvalue weighted by Crippen LogP contribution is 2.10. The van der Waals surface area contributed by atoms with Crippen LogP contribution >= 0.6 is 0 Å². The quantitative estimate of drug-likeness (QED) is 0.801. The molecule has 0 unspecified atom stereocenters. The highest BCUT2D eigenvalue weighted by Gasteiger charge is 2.17. The molecule has 2 heterocycles. The van der Waals surface area contributed by atoms with Crippen molar-refractivity contribution in [2.45, 2.75) is 32.4 Å². The number of hydrogen-bond acceptors (Lipinski definition) is 4. The van der Waals surface area contributed by atoms with Crippen LogP contribution in [-0.2, 0) is 6.54 Å². The first kappa shape index (κ1) is 13.0. The molecule has 0 amide bonds. The van der Waals surface area contributed by atoms with Gasteiger partial charge < -0.3 is 5.32 Å². The van der Waals surface area contributed by atoms with Crippen molar-refractivity contribution in [2.24, 2.45) is 0 Å². The van der Waals surface area contributed by atoms with Crippen LogP contribution in [0.15, 0.2) is 12.4 Å². The predicted octanol–water partition coefficient (Wildman–Crippen LogP) is 0.972. The summed E-state index contributed by atoms with van der Waals surface area (Å²) in [5.41, 5.74) is 1.97. The van der Waals surface area contributed by atoms with Crippen LogP contribution in [0.1, 0.15) is 24.2 Å². The Hall–Kier alpha value is -1.44. The lowest BCUT2D eigenvalue weighted by molar-refractivity contribution is 0.217. The lowest BCUT2D eigenvalue weighted by atomic mass is 10.1. The Labute approximate surface area is 109 Å². The van der Waals surface area contributed by atoms with Gasteiger partial charge in [-0.15, -0.1) is 6.42 Å². The summed E-state index contributed by atoms with van der Waals surface area (Å²) >= 11 is 0. The van der Waals surface area contributed by atoms with Crippen molar-refractivity contribution in [3.63, 3.8) is 0 Å². The van der Waals surface area contributed by atoms with Crippen molar-refractivity contribution < 1.29 is 0 Å². The fourth-order valence-electron chi connectivity index (χ4n) is 2.18. The monoisotopic (exact) mass is 244 g/mol. The van der Waals surface area contributed by atoms with Crippen LogP contribution < -0.4 is 5.32 Å². The van der Waals surface area contributed by atoms with Crippen LogP contribution in [0.5, 0.6) is 0 Å². The van der Waals surface area contributed by atoms with Gasteiger partial charge in [-0.1, -0.05) is 5.92 Å². The van der Waals surface area contributed by atoms with Crippen LogP contribution in [0.3, 0.4) is 0 Å². The van der Waals surface area contributed by atoms with Gasteiger partial charge in [0.05, 0.1) is 17.9 Å². The molecule has 2 rings (SSSR count). The van der Waals surface area contributed by atoms with Crippen LogP contribution in [0.2, 0.25) is 0 Å². The summed E-state index contributed by atoms with van der Waals surface area (Å²) in [6, 6.07) is 0.571. The lowest BCUT2D eigenvalue weighted by Gasteiger charge is -2.31. The maximum Gasteiger partial charge on any atom is 0.0724 e. The molecular weight excluding hydrogens is 224 g/mol. The van der Waals surface area contributed by atoms with E-state index in [4.69, 9.17) is 6.42 Å². The number of piperidine rings is 1. The van der Waals surface area contributed by atoms with Crippen LogP contribution in [0, 0.1) is 19.3 Å². The highest BCUT2D eigenvalue weighted by atomic mass is 15.1. The second-order valence-corrected chi connectivity index (χ2v) is 4.78. The minimum Gasteiger partial charge on any atom is -0.308 e. The minimum atomic E-state index is 0.571.